The number of nitrogens with one attached hydrogen (secondary N) is 2. The Morgan fingerprint density at radius 2 is 2.10 bits per heavy atom. The molecule has 0 aromatic carbocycles. The monoisotopic (exact) mass is 310 g/mol. The number of anilines is 2. The molecule has 6 heteroatoms. The van der Waals surface area contributed by atoms with Gasteiger partial charge in [-0.3, -0.25) is 0 Å². The molecule has 1 aliphatic carbocycles. The summed E-state index contributed by atoms with van der Waals surface area (Å²) in [4.78, 5) is 9.05. The van der Waals surface area contributed by atoms with Crippen molar-refractivity contribution in [2.24, 2.45) is 0 Å². The summed E-state index contributed by atoms with van der Waals surface area (Å²) in [5.41, 5.74) is 0. The molecule has 2 rings (SSSR count). The van der Waals surface area contributed by atoms with Gasteiger partial charge in [-0.25, -0.2) is 9.97 Å². The Balaban J connectivity index is 2.04. The molecule has 1 heterocycles. The molecule has 2 atom stereocenters. The Kier molecular flexibility index (Phi) is 6.57. The van der Waals surface area contributed by atoms with Crippen molar-refractivity contribution in [1.29, 1.82) is 0 Å². The van der Waals surface area contributed by atoms with Gasteiger partial charge in [-0.15, -0.1) is 0 Å². The Morgan fingerprint density at radius 1 is 1.29 bits per heavy atom. The third-order valence-electron chi connectivity index (χ3n) is 3.64. The van der Waals surface area contributed by atoms with E-state index in [4.69, 9.17) is 4.74 Å². The second-order valence-corrected chi connectivity index (χ2v) is 6.37. The summed E-state index contributed by atoms with van der Waals surface area (Å²) in [6.45, 7) is 6.03. The van der Waals surface area contributed by atoms with Crippen molar-refractivity contribution in [3.8, 4) is 0 Å². The van der Waals surface area contributed by atoms with Crippen LogP contribution in [0, 0.1) is 0 Å². The van der Waals surface area contributed by atoms with E-state index in [1.54, 1.807) is 0 Å². The molecule has 5 nitrogen and oxygen atoms in total. The Hall–Kier alpha value is -1.01. The molecule has 0 radical (unpaired) electrons. The fraction of sp³-hybridized carbons (Fsp3) is 0.733. The maximum Gasteiger partial charge on any atom is 0.158 e. The van der Waals surface area contributed by atoms with Crippen LogP contribution in [0.4, 0.5) is 11.6 Å². The molecular formula is C15H26N4OS. The highest BCUT2D eigenvalue weighted by molar-refractivity contribution is 7.99. The van der Waals surface area contributed by atoms with Gasteiger partial charge < -0.3 is 15.4 Å². The van der Waals surface area contributed by atoms with Crippen LogP contribution in [0.25, 0.3) is 0 Å². The average molecular weight is 310 g/mol. The van der Waals surface area contributed by atoms with Crippen LogP contribution >= 0.6 is 11.8 Å². The molecule has 1 aromatic heterocycles. The van der Waals surface area contributed by atoms with Gasteiger partial charge in [0.2, 0.25) is 0 Å². The summed E-state index contributed by atoms with van der Waals surface area (Å²) in [6.07, 6.45) is 5.91. The molecule has 0 bridgehead atoms. The molecule has 1 fully saturated rings. The molecule has 0 aliphatic heterocycles. The Labute approximate surface area is 131 Å². The van der Waals surface area contributed by atoms with E-state index in [0.717, 1.165) is 29.3 Å². The summed E-state index contributed by atoms with van der Waals surface area (Å²) >= 11 is 1.97. The summed E-state index contributed by atoms with van der Waals surface area (Å²) in [5, 5.41) is 7.60. The van der Waals surface area contributed by atoms with Gasteiger partial charge in [0.1, 0.15) is 18.2 Å². The number of rotatable bonds is 8. The summed E-state index contributed by atoms with van der Waals surface area (Å²) in [6, 6.07) is 2.51. The fourth-order valence-corrected chi connectivity index (χ4v) is 3.39. The van der Waals surface area contributed by atoms with Crippen molar-refractivity contribution in [3.63, 3.8) is 0 Å². The van der Waals surface area contributed by atoms with Gasteiger partial charge in [0.15, 0.2) is 5.82 Å². The lowest BCUT2D eigenvalue weighted by Gasteiger charge is -2.15. The standard InChI is InChI=1S/C15H26N4OS/c1-4-16-13-9-14(19-15(18-13)10-20-5-2)17-11-6-7-12(8-11)21-3/h9,11-12H,4-8,10H2,1-3H3,(H2,16,17,18,19). The second kappa shape index (κ2) is 8.44. The van der Waals surface area contributed by atoms with Gasteiger partial charge in [-0.1, -0.05) is 0 Å². The van der Waals surface area contributed by atoms with Gasteiger partial charge in [0.25, 0.3) is 0 Å². The van der Waals surface area contributed by atoms with E-state index in [0.29, 0.717) is 19.3 Å². The normalized spacial score (nSPS) is 21.5. The van der Waals surface area contributed by atoms with Gasteiger partial charge in [-0.2, -0.15) is 11.8 Å². The van der Waals surface area contributed by atoms with Gasteiger partial charge in [0, 0.05) is 30.5 Å². The highest BCUT2D eigenvalue weighted by Crippen LogP contribution is 2.30. The zero-order chi connectivity index (χ0) is 15.1. The first-order valence-electron chi connectivity index (χ1n) is 7.74. The molecule has 0 spiro atoms. The molecule has 2 N–H and O–H groups in total. The minimum absolute atomic E-state index is 0.461. The highest BCUT2D eigenvalue weighted by atomic mass is 32.2. The van der Waals surface area contributed by atoms with Crippen LogP contribution in [-0.4, -0.2) is 40.7 Å². The first kappa shape index (κ1) is 16.4. The first-order chi connectivity index (χ1) is 10.2. The maximum absolute atomic E-state index is 5.43. The van der Waals surface area contributed by atoms with Gasteiger partial charge in [-0.05, 0) is 39.4 Å². The van der Waals surface area contributed by atoms with E-state index in [1.807, 2.05) is 24.8 Å². The minimum Gasteiger partial charge on any atom is -0.374 e. The Morgan fingerprint density at radius 3 is 2.76 bits per heavy atom. The molecule has 118 valence electrons. The van der Waals surface area contributed by atoms with Crippen LogP contribution in [0.15, 0.2) is 6.07 Å². The van der Waals surface area contributed by atoms with Crippen LogP contribution in [-0.2, 0) is 11.3 Å². The average Bonchev–Trinajstić information content (AvgIpc) is 2.93. The van der Waals surface area contributed by atoms with Crippen molar-refractivity contribution in [2.45, 2.75) is 51.0 Å². The van der Waals surface area contributed by atoms with E-state index in [2.05, 4.69) is 33.8 Å². The molecule has 1 aliphatic rings. The third-order valence-corrected chi connectivity index (χ3v) is 4.73. The van der Waals surface area contributed by atoms with Gasteiger partial charge >= 0.3 is 0 Å². The number of hydrogen-bond donors (Lipinski definition) is 2. The van der Waals surface area contributed by atoms with Crippen molar-refractivity contribution >= 4 is 23.4 Å². The lowest BCUT2D eigenvalue weighted by Crippen LogP contribution is -2.18. The number of thioether (sulfide) groups is 1. The predicted molar refractivity (Wildman–Crippen MR) is 90.1 cm³/mol. The zero-order valence-corrected chi connectivity index (χ0v) is 14.0. The van der Waals surface area contributed by atoms with E-state index in [-0.39, 0.29) is 0 Å². The molecule has 21 heavy (non-hydrogen) atoms. The molecule has 2 unspecified atom stereocenters. The predicted octanol–water partition coefficient (Wildman–Crippen LogP) is 3.14. The summed E-state index contributed by atoms with van der Waals surface area (Å²) in [7, 11) is 0. The van der Waals surface area contributed by atoms with Crippen molar-refractivity contribution < 1.29 is 4.74 Å². The zero-order valence-electron chi connectivity index (χ0n) is 13.2. The fourth-order valence-electron chi connectivity index (χ4n) is 2.60. The Bertz CT molecular complexity index is 444. The molecule has 0 saturated heterocycles. The number of ether oxygens (including phenoxy) is 1. The largest absolute Gasteiger partial charge is 0.374 e. The van der Waals surface area contributed by atoms with E-state index < -0.39 is 0 Å². The lowest BCUT2D eigenvalue weighted by molar-refractivity contribution is 0.128. The highest BCUT2D eigenvalue weighted by Gasteiger charge is 2.24. The molecule has 1 aromatic rings. The van der Waals surface area contributed by atoms with Crippen LogP contribution in [0.1, 0.15) is 38.9 Å². The van der Waals surface area contributed by atoms with Gasteiger partial charge in [0.05, 0.1) is 0 Å². The number of nitrogens with zero attached hydrogens (tertiary/aromatic N) is 2. The van der Waals surface area contributed by atoms with Crippen LogP contribution in [0.2, 0.25) is 0 Å². The SMILES string of the molecule is CCNc1cc(NC2CCC(SC)C2)nc(COCC)n1. The minimum atomic E-state index is 0.461. The molecular weight excluding hydrogens is 284 g/mol. The van der Waals surface area contributed by atoms with Crippen LogP contribution in [0.3, 0.4) is 0 Å². The van der Waals surface area contributed by atoms with Crippen LogP contribution in [0.5, 0.6) is 0 Å². The van der Waals surface area contributed by atoms with E-state index in [1.165, 1.54) is 19.3 Å². The summed E-state index contributed by atoms with van der Waals surface area (Å²) < 4.78 is 5.43. The third kappa shape index (κ3) is 5.04. The first-order valence-corrected chi connectivity index (χ1v) is 9.02. The van der Waals surface area contributed by atoms with Crippen molar-refractivity contribution in [1.82, 2.24) is 9.97 Å². The number of aromatic nitrogens is 2. The summed E-state index contributed by atoms with van der Waals surface area (Å²) in [5.74, 6) is 2.50. The number of hydrogen-bond acceptors (Lipinski definition) is 6. The van der Waals surface area contributed by atoms with Crippen LogP contribution < -0.4 is 10.6 Å². The maximum atomic E-state index is 5.43. The smallest absolute Gasteiger partial charge is 0.158 e. The van der Waals surface area contributed by atoms with Crippen molar-refractivity contribution in [3.05, 3.63) is 11.9 Å². The molecule has 1 saturated carbocycles. The quantitative estimate of drug-likeness (QED) is 0.769. The van der Waals surface area contributed by atoms with Crippen molar-refractivity contribution in [2.75, 3.05) is 30.0 Å². The topological polar surface area (TPSA) is 59.1 Å². The van der Waals surface area contributed by atoms with E-state index >= 15 is 0 Å². The van der Waals surface area contributed by atoms with E-state index in [9.17, 15) is 0 Å². The molecule has 0 amide bonds. The lowest BCUT2D eigenvalue weighted by atomic mass is 10.2. The second-order valence-electron chi connectivity index (χ2n) is 5.23.